The largest absolute Gasteiger partial charge is 0.496 e. The standard InChI is InChI=1S/C19H25NO/c1-13-10-11-14(2)18(12-13)16(4)20-15(3)17-8-6-7-9-19(17)21-5/h6-12,15-16,20H,1-5H3/t15-,16?/m1/s1. The molecular formula is C19H25NO. The molecule has 2 atom stereocenters. The first-order valence-electron chi connectivity index (χ1n) is 7.49. The number of ether oxygens (including phenoxy) is 1. The molecule has 0 saturated carbocycles. The molecule has 2 rings (SSSR count). The Morgan fingerprint density at radius 2 is 1.57 bits per heavy atom. The van der Waals surface area contributed by atoms with Crippen molar-refractivity contribution in [3.63, 3.8) is 0 Å². The minimum Gasteiger partial charge on any atom is -0.496 e. The molecule has 0 heterocycles. The van der Waals surface area contributed by atoms with Crippen molar-refractivity contribution in [2.75, 3.05) is 7.11 Å². The average molecular weight is 283 g/mol. The number of methoxy groups -OCH3 is 1. The summed E-state index contributed by atoms with van der Waals surface area (Å²) < 4.78 is 5.46. The third-order valence-electron chi connectivity index (χ3n) is 4.01. The fraction of sp³-hybridized carbons (Fsp3) is 0.368. The van der Waals surface area contributed by atoms with Crippen LogP contribution in [0, 0.1) is 13.8 Å². The van der Waals surface area contributed by atoms with E-state index in [1.165, 1.54) is 22.3 Å². The predicted molar refractivity (Wildman–Crippen MR) is 88.9 cm³/mol. The quantitative estimate of drug-likeness (QED) is 0.857. The smallest absolute Gasteiger partial charge is 0.123 e. The third kappa shape index (κ3) is 3.64. The van der Waals surface area contributed by atoms with E-state index in [0.29, 0.717) is 6.04 Å². The molecule has 2 aromatic carbocycles. The van der Waals surface area contributed by atoms with Crippen LogP contribution < -0.4 is 10.1 Å². The summed E-state index contributed by atoms with van der Waals surface area (Å²) in [5.74, 6) is 0.936. The van der Waals surface area contributed by atoms with E-state index in [9.17, 15) is 0 Å². The second kappa shape index (κ2) is 6.77. The molecule has 0 fully saturated rings. The van der Waals surface area contributed by atoms with Gasteiger partial charge in [0.05, 0.1) is 7.11 Å². The lowest BCUT2D eigenvalue weighted by molar-refractivity contribution is 0.396. The highest BCUT2D eigenvalue weighted by molar-refractivity contribution is 5.37. The summed E-state index contributed by atoms with van der Waals surface area (Å²) >= 11 is 0. The van der Waals surface area contributed by atoms with Crippen molar-refractivity contribution in [2.24, 2.45) is 0 Å². The van der Waals surface area contributed by atoms with Crippen LogP contribution in [0.25, 0.3) is 0 Å². The zero-order valence-corrected chi connectivity index (χ0v) is 13.6. The number of hydrogen-bond acceptors (Lipinski definition) is 2. The molecule has 1 N–H and O–H groups in total. The second-order valence-electron chi connectivity index (χ2n) is 5.71. The van der Waals surface area contributed by atoms with Crippen molar-refractivity contribution in [3.8, 4) is 5.75 Å². The molecule has 0 amide bonds. The van der Waals surface area contributed by atoms with Crippen LogP contribution in [-0.2, 0) is 0 Å². The van der Waals surface area contributed by atoms with Crippen LogP contribution in [0.2, 0.25) is 0 Å². The fourth-order valence-electron chi connectivity index (χ4n) is 2.81. The highest BCUT2D eigenvalue weighted by Crippen LogP contribution is 2.27. The van der Waals surface area contributed by atoms with E-state index in [2.05, 4.69) is 63.3 Å². The van der Waals surface area contributed by atoms with Crippen LogP contribution in [0.3, 0.4) is 0 Å². The van der Waals surface area contributed by atoms with Crippen molar-refractivity contribution < 1.29 is 4.74 Å². The van der Waals surface area contributed by atoms with E-state index in [1.54, 1.807) is 7.11 Å². The summed E-state index contributed by atoms with van der Waals surface area (Å²) in [6, 6.07) is 15.3. The number of benzene rings is 2. The second-order valence-corrected chi connectivity index (χ2v) is 5.71. The van der Waals surface area contributed by atoms with Gasteiger partial charge in [-0.3, -0.25) is 0 Å². The molecule has 0 aliphatic rings. The monoisotopic (exact) mass is 283 g/mol. The summed E-state index contributed by atoms with van der Waals surface area (Å²) in [5, 5.41) is 3.68. The number of nitrogens with one attached hydrogen (secondary N) is 1. The van der Waals surface area contributed by atoms with Gasteiger partial charge in [-0.05, 0) is 44.9 Å². The van der Waals surface area contributed by atoms with Gasteiger partial charge in [0.15, 0.2) is 0 Å². The van der Waals surface area contributed by atoms with Gasteiger partial charge in [-0.25, -0.2) is 0 Å². The lowest BCUT2D eigenvalue weighted by Gasteiger charge is -2.23. The van der Waals surface area contributed by atoms with Crippen LogP contribution >= 0.6 is 0 Å². The van der Waals surface area contributed by atoms with Crippen LogP contribution in [0.1, 0.15) is 48.2 Å². The maximum atomic E-state index is 5.46. The van der Waals surface area contributed by atoms with Crippen molar-refractivity contribution in [3.05, 3.63) is 64.7 Å². The summed E-state index contributed by atoms with van der Waals surface area (Å²) in [4.78, 5) is 0. The van der Waals surface area contributed by atoms with Crippen molar-refractivity contribution in [2.45, 2.75) is 39.8 Å². The van der Waals surface area contributed by atoms with Gasteiger partial charge in [-0.15, -0.1) is 0 Å². The van der Waals surface area contributed by atoms with Crippen LogP contribution in [0.15, 0.2) is 42.5 Å². The summed E-state index contributed by atoms with van der Waals surface area (Å²) in [5.41, 5.74) is 5.18. The molecule has 2 nitrogen and oxygen atoms in total. The molecule has 21 heavy (non-hydrogen) atoms. The van der Waals surface area contributed by atoms with E-state index < -0.39 is 0 Å². The first-order valence-corrected chi connectivity index (χ1v) is 7.49. The summed E-state index contributed by atoms with van der Waals surface area (Å²) in [6.45, 7) is 8.70. The van der Waals surface area contributed by atoms with Gasteiger partial charge in [0.25, 0.3) is 0 Å². The average Bonchev–Trinajstić information content (AvgIpc) is 2.49. The van der Waals surface area contributed by atoms with Crippen LogP contribution in [0.5, 0.6) is 5.75 Å². The Labute approximate surface area is 128 Å². The maximum Gasteiger partial charge on any atom is 0.123 e. The molecular weight excluding hydrogens is 258 g/mol. The molecule has 0 spiro atoms. The minimum absolute atomic E-state index is 0.232. The summed E-state index contributed by atoms with van der Waals surface area (Å²) in [6.07, 6.45) is 0. The molecule has 0 aromatic heterocycles. The summed E-state index contributed by atoms with van der Waals surface area (Å²) in [7, 11) is 1.72. The molecule has 1 unspecified atom stereocenters. The first-order chi connectivity index (χ1) is 10.0. The van der Waals surface area contributed by atoms with E-state index in [4.69, 9.17) is 4.74 Å². The molecule has 2 aromatic rings. The zero-order chi connectivity index (χ0) is 15.4. The molecule has 2 heteroatoms. The van der Waals surface area contributed by atoms with Crippen LogP contribution in [-0.4, -0.2) is 7.11 Å². The van der Waals surface area contributed by atoms with Gasteiger partial charge in [0, 0.05) is 17.6 Å². The Morgan fingerprint density at radius 1 is 0.905 bits per heavy atom. The lowest BCUT2D eigenvalue weighted by atomic mass is 9.98. The Kier molecular flexibility index (Phi) is 5.03. The van der Waals surface area contributed by atoms with Crippen LogP contribution in [0.4, 0.5) is 0 Å². The highest BCUT2D eigenvalue weighted by atomic mass is 16.5. The Bertz CT molecular complexity index is 606. The van der Waals surface area contributed by atoms with E-state index >= 15 is 0 Å². The highest BCUT2D eigenvalue weighted by Gasteiger charge is 2.15. The van der Waals surface area contributed by atoms with Gasteiger partial charge in [0.1, 0.15) is 5.75 Å². The fourth-order valence-corrected chi connectivity index (χ4v) is 2.81. The Morgan fingerprint density at radius 3 is 2.29 bits per heavy atom. The Hall–Kier alpha value is -1.80. The molecule has 0 aliphatic heterocycles. The molecule has 0 radical (unpaired) electrons. The molecule has 112 valence electrons. The van der Waals surface area contributed by atoms with Crippen molar-refractivity contribution >= 4 is 0 Å². The minimum atomic E-state index is 0.232. The maximum absolute atomic E-state index is 5.46. The molecule has 0 bridgehead atoms. The number of hydrogen-bond donors (Lipinski definition) is 1. The predicted octanol–water partition coefficient (Wildman–Crippen LogP) is 4.72. The number of para-hydroxylation sites is 1. The van der Waals surface area contributed by atoms with E-state index in [-0.39, 0.29) is 6.04 Å². The van der Waals surface area contributed by atoms with E-state index in [0.717, 1.165) is 5.75 Å². The topological polar surface area (TPSA) is 21.3 Å². The zero-order valence-electron chi connectivity index (χ0n) is 13.6. The molecule has 0 aliphatic carbocycles. The van der Waals surface area contributed by atoms with Crippen molar-refractivity contribution in [1.29, 1.82) is 0 Å². The van der Waals surface area contributed by atoms with Gasteiger partial charge in [0.2, 0.25) is 0 Å². The van der Waals surface area contributed by atoms with Gasteiger partial charge in [-0.1, -0.05) is 42.0 Å². The number of aryl methyl sites for hydroxylation is 2. The normalized spacial score (nSPS) is 13.8. The van der Waals surface area contributed by atoms with Gasteiger partial charge < -0.3 is 10.1 Å². The lowest BCUT2D eigenvalue weighted by Crippen LogP contribution is -2.23. The molecule has 0 saturated heterocycles. The first kappa shape index (κ1) is 15.6. The van der Waals surface area contributed by atoms with E-state index in [1.807, 2.05) is 12.1 Å². The SMILES string of the molecule is COc1ccccc1[C@@H](C)NC(C)c1cc(C)ccc1C. The van der Waals surface area contributed by atoms with Gasteiger partial charge >= 0.3 is 0 Å². The van der Waals surface area contributed by atoms with Gasteiger partial charge in [-0.2, -0.15) is 0 Å². The van der Waals surface area contributed by atoms with Crippen molar-refractivity contribution in [1.82, 2.24) is 5.32 Å². The third-order valence-corrected chi connectivity index (χ3v) is 4.01. The Balaban J connectivity index is 2.18. The number of rotatable bonds is 5.